The molecule has 1 atom stereocenters. The molecule has 2 rings (SSSR count). The topological polar surface area (TPSA) is 29.9 Å². The Kier molecular flexibility index (Phi) is 4.19. The van der Waals surface area contributed by atoms with E-state index in [1.807, 2.05) is 18.8 Å². The van der Waals surface area contributed by atoms with Crippen molar-refractivity contribution in [3.63, 3.8) is 0 Å². The first-order chi connectivity index (χ1) is 8.63. The van der Waals surface area contributed by atoms with Gasteiger partial charge in [0, 0.05) is 24.3 Å². The van der Waals surface area contributed by atoms with Gasteiger partial charge in [0.1, 0.15) is 0 Å². The van der Waals surface area contributed by atoms with E-state index in [1.54, 1.807) is 11.3 Å². The fourth-order valence-electron chi connectivity index (χ4n) is 2.47. The predicted octanol–water partition coefficient (Wildman–Crippen LogP) is 2.99. The predicted molar refractivity (Wildman–Crippen MR) is 77.1 cm³/mol. The van der Waals surface area contributed by atoms with Gasteiger partial charge in [-0.2, -0.15) is 16.4 Å². The summed E-state index contributed by atoms with van der Waals surface area (Å²) < 4.78 is 1.97. The van der Waals surface area contributed by atoms with Gasteiger partial charge in [-0.1, -0.05) is 0 Å². The largest absolute Gasteiger partial charge is 0.313 e. The zero-order valence-electron chi connectivity index (χ0n) is 11.5. The van der Waals surface area contributed by atoms with Gasteiger partial charge in [0.15, 0.2) is 0 Å². The number of hydrogen-bond donors (Lipinski definition) is 1. The van der Waals surface area contributed by atoms with Gasteiger partial charge >= 0.3 is 0 Å². The third-order valence-corrected chi connectivity index (χ3v) is 4.30. The number of hydrogen-bond acceptors (Lipinski definition) is 3. The summed E-state index contributed by atoms with van der Waals surface area (Å²) in [6, 6.07) is 2.60. The lowest BCUT2D eigenvalue weighted by Gasteiger charge is -2.16. The van der Waals surface area contributed by atoms with Crippen LogP contribution in [-0.4, -0.2) is 16.8 Å². The number of rotatable bonds is 5. The zero-order chi connectivity index (χ0) is 13.1. The van der Waals surface area contributed by atoms with E-state index in [2.05, 4.69) is 41.1 Å². The summed E-state index contributed by atoms with van der Waals surface area (Å²) in [5.41, 5.74) is 5.19. The summed E-state index contributed by atoms with van der Waals surface area (Å²) in [5, 5.41) is 12.3. The van der Waals surface area contributed by atoms with Gasteiger partial charge in [-0.15, -0.1) is 0 Å². The number of aryl methyl sites for hydroxylation is 3. The molecule has 2 aromatic rings. The summed E-state index contributed by atoms with van der Waals surface area (Å²) in [7, 11) is 4.04. The Morgan fingerprint density at radius 1 is 1.44 bits per heavy atom. The average Bonchev–Trinajstić information content (AvgIpc) is 2.93. The van der Waals surface area contributed by atoms with Crippen molar-refractivity contribution in [3.8, 4) is 0 Å². The molecule has 98 valence electrons. The van der Waals surface area contributed by atoms with Crippen LogP contribution < -0.4 is 5.32 Å². The quantitative estimate of drug-likeness (QED) is 0.898. The molecule has 0 aliphatic carbocycles. The minimum absolute atomic E-state index is 0.388. The van der Waals surface area contributed by atoms with Crippen LogP contribution in [0.15, 0.2) is 16.8 Å². The van der Waals surface area contributed by atoms with Crippen LogP contribution in [0.3, 0.4) is 0 Å². The van der Waals surface area contributed by atoms with Gasteiger partial charge in [0.05, 0.1) is 5.69 Å². The molecule has 0 aliphatic rings. The van der Waals surface area contributed by atoms with E-state index in [0.717, 1.165) is 18.5 Å². The molecule has 0 aliphatic heterocycles. The van der Waals surface area contributed by atoms with Gasteiger partial charge in [-0.25, -0.2) is 0 Å². The van der Waals surface area contributed by atoms with Crippen LogP contribution >= 0.6 is 11.3 Å². The van der Waals surface area contributed by atoms with Gasteiger partial charge in [0.2, 0.25) is 0 Å². The normalized spacial score (nSPS) is 12.9. The summed E-state index contributed by atoms with van der Waals surface area (Å²) in [5.74, 6) is 0. The van der Waals surface area contributed by atoms with E-state index >= 15 is 0 Å². The first kappa shape index (κ1) is 13.3. The molecule has 1 N–H and O–H groups in total. The highest BCUT2D eigenvalue weighted by atomic mass is 32.1. The smallest absolute Gasteiger partial charge is 0.0644 e. The van der Waals surface area contributed by atoms with Crippen molar-refractivity contribution in [2.45, 2.75) is 32.7 Å². The van der Waals surface area contributed by atoms with Crippen molar-refractivity contribution in [2.24, 2.45) is 7.05 Å². The van der Waals surface area contributed by atoms with E-state index in [9.17, 15) is 0 Å². The molecular weight excluding hydrogens is 242 g/mol. The van der Waals surface area contributed by atoms with Crippen molar-refractivity contribution in [1.82, 2.24) is 15.1 Å². The lowest BCUT2D eigenvalue weighted by atomic mass is 9.98. The van der Waals surface area contributed by atoms with E-state index in [-0.39, 0.29) is 0 Å². The highest BCUT2D eigenvalue weighted by molar-refractivity contribution is 7.07. The maximum absolute atomic E-state index is 4.50. The molecule has 4 heteroatoms. The molecule has 0 radical (unpaired) electrons. The summed E-state index contributed by atoms with van der Waals surface area (Å²) in [6.07, 6.45) is 2.23. The van der Waals surface area contributed by atoms with Gasteiger partial charge in [-0.05, 0) is 56.1 Å². The van der Waals surface area contributed by atoms with Crippen LogP contribution in [-0.2, 0) is 13.5 Å². The monoisotopic (exact) mass is 263 g/mol. The second kappa shape index (κ2) is 5.67. The Hall–Kier alpha value is -1.13. The maximum Gasteiger partial charge on any atom is 0.0644 e. The van der Waals surface area contributed by atoms with E-state index in [0.29, 0.717) is 6.04 Å². The molecule has 2 heterocycles. The molecular formula is C14H21N3S. The SMILES string of the molecule is CNC(CCc1ccsc1)c1c(C)nn(C)c1C. The van der Waals surface area contributed by atoms with Crippen LogP contribution in [0.2, 0.25) is 0 Å². The minimum atomic E-state index is 0.388. The van der Waals surface area contributed by atoms with Crippen LogP contribution in [0, 0.1) is 13.8 Å². The molecule has 0 spiro atoms. The Labute approximate surface area is 113 Å². The Morgan fingerprint density at radius 2 is 2.22 bits per heavy atom. The molecule has 18 heavy (non-hydrogen) atoms. The molecule has 0 bridgehead atoms. The lowest BCUT2D eigenvalue weighted by molar-refractivity contribution is 0.543. The molecule has 0 aromatic carbocycles. The Balaban J connectivity index is 2.13. The number of nitrogens with zero attached hydrogens (tertiary/aromatic N) is 2. The highest BCUT2D eigenvalue weighted by Gasteiger charge is 2.18. The fourth-order valence-corrected chi connectivity index (χ4v) is 3.18. The molecule has 0 amide bonds. The third kappa shape index (κ3) is 2.65. The molecule has 2 aromatic heterocycles. The fraction of sp³-hybridized carbons (Fsp3) is 0.500. The Morgan fingerprint density at radius 3 is 2.72 bits per heavy atom. The first-order valence-electron chi connectivity index (χ1n) is 6.32. The second-order valence-electron chi connectivity index (χ2n) is 4.72. The van der Waals surface area contributed by atoms with Crippen molar-refractivity contribution in [3.05, 3.63) is 39.3 Å². The summed E-state index contributed by atoms with van der Waals surface area (Å²) >= 11 is 1.77. The molecule has 3 nitrogen and oxygen atoms in total. The standard InChI is InChI=1S/C14H21N3S/c1-10-14(11(2)17(4)16-10)13(15-3)6-5-12-7-8-18-9-12/h7-9,13,15H,5-6H2,1-4H3. The van der Waals surface area contributed by atoms with E-state index < -0.39 is 0 Å². The molecule has 0 saturated carbocycles. The van der Waals surface area contributed by atoms with Crippen LogP contribution in [0.1, 0.15) is 35.0 Å². The van der Waals surface area contributed by atoms with Crippen LogP contribution in [0.25, 0.3) is 0 Å². The number of thiophene rings is 1. The van der Waals surface area contributed by atoms with Crippen molar-refractivity contribution >= 4 is 11.3 Å². The van der Waals surface area contributed by atoms with Crippen molar-refractivity contribution in [1.29, 1.82) is 0 Å². The van der Waals surface area contributed by atoms with Gasteiger partial charge < -0.3 is 5.32 Å². The van der Waals surface area contributed by atoms with Crippen molar-refractivity contribution in [2.75, 3.05) is 7.05 Å². The first-order valence-corrected chi connectivity index (χ1v) is 7.26. The third-order valence-electron chi connectivity index (χ3n) is 3.56. The average molecular weight is 263 g/mol. The minimum Gasteiger partial charge on any atom is -0.313 e. The zero-order valence-corrected chi connectivity index (χ0v) is 12.3. The lowest BCUT2D eigenvalue weighted by Crippen LogP contribution is -2.18. The van der Waals surface area contributed by atoms with Gasteiger partial charge in [0.25, 0.3) is 0 Å². The molecule has 0 fully saturated rings. The van der Waals surface area contributed by atoms with Gasteiger partial charge in [-0.3, -0.25) is 4.68 Å². The second-order valence-corrected chi connectivity index (χ2v) is 5.50. The Bertz CT molecular complexity index is 499. The summed E-state index contributed by atoms with van der Waals surface area (Å²) in [4.78, 5) is 0. The van der Waals surface area contributed by atoms with Crippen LogP contribution in [0.5, 0.6) is 0 Å². The highest BCUT2D eigenvalue weighted by Crippen LogP contribution is 2.25. The van der Waals surface area contributed by atoms with E-state index in [1.165, 1.54) is 16.8 Å². The van der Waals surface area contributed by atoms with Crippen molar-refractivity contribution < 1.29 is 0 Å². The number of aromatic nitrogens is 2. The number of nitrogens with one attached hydrogen (secondary N) is 1. The summed E-state index contributed by atoms with van der Waals surface area (Å²) in [6.45, 7) is 4.24. The molecule has 0 saturated heterocycles. The van der Waals surface area contributed by atoms with Crippen LogP contribution in [0.4, 0.5) is 0 Å². The molecule has 1 unspecified atom stereocenters. The van der Waals surface area contributed by atoms with E-state index in [4.69, 9.17) is 0 Å². The maximum atomic E-state index is 4.50.